The lowest BCUT2D eigenvalue weighted by Crippen LogP contribution is -2.26. The van der Waals surface area contributed by atoms with Gasteiger partial charge in [0, 0.05) is 24.9 Å². The second-order valence-electron chi connectivity index (χ2n) is 4.36. The molecule has 108 valence electrons. The first-order valence-electron chi connectivity index (χ1n) is 6.28. The summed E-state index contributed by atoms with van der Waals surface area (Å²) in [7, 11) is -3.60. The standard InChI is InChI=1S/C13H12N4O2S2/c18-21(19,15-9-7-10-4-1-2-8-14-10)12-6-3-5-11-13(12)17-20-16-11/h1-6,8,15H,7,9H2. The van der Waals surface area contributed by atoms with Crippen LogP contribution in [0.1, 0.15) is 5.69 Å². The van der Waals surface area contributed by atoms with Crippen molar-refractivity contribution in [3.8, 4) is 0 Å². The zero-order valence-corrected chi connectivity index (χ0v) is 12.6. The molecule has 2 aromatic heterocycles. The zero-order chi connectivity index (χ0) is 14.7. The van der Waals surface area contributed by atoms with Crippen molar-refractivity contribution in [3.63, 3.8) is 0 Å². The third kappa shape index (κ3) is 3.07. The average molecular weight is 320 g/mol. The van der Waals surface area contributed by atoms with Crippen LogP contribution in [-0.4, -0.2) is 28.7 Å². The Morgan fingerprint density at radius 3 is 2.81 bits per heavy atom. The Balaban J connectivity index is 1.77. The van der Waals surface area contributed by atoms with Crippen molar-refractivity contribution in [2.75, 3.05) is 6.54 Å². The van der Waals surface area contributed by atoms with Gasteiger partial charge in [-0.1, -0.05) is 12.1 Å². The Morgan fingerprint density at radius 2 is 2.00 bits per heavy atom. The molecule has 0 aliphatic carbocycles. The van der Waals surface area contributed by atoms with Crippen LogP contribution in [0.25, 0.3) is 11.0 Å². The Labute approximate surface area is 126 Å². The number of hydrogen-bond acceptors (Lipinski definition) is 6. The van der Waals surface area contributed by atoms with Crippen LogP contribution in [0.2, 0.25) is 0 Å². The summed E-state index contributed by atoms with van der Waals surface area (Å²) in [4.78, 5) is 4.32. The molecule has 0 spiro atoms. The van der Waals surface area contributed by atoms with E-state index in [-0.39, 0.29) is 11.4 Å². The first-order valence-corrected chi connectivity index (χ1v) is 8.49. The van der Waals surface area contributed by atoms with Crippen LogP contribution in [0, 0.1) is 0 Å². The number of rotatable bonds is 5. The number of aromatic nitrogens is 3. The van der Waals surface area contributed by atoms with E-state index in [0.29, 0.717) is 17.5 Å². The second-order valence-corrected chi connectivity index (χ2v) is 6.62. The average Bonchev–Trinajstić information content (AvgIpc) is 2.96. The van der Waals surface area contributed by atoms with Crippen molar-refractivity contribution in [2.24, 2.45) is 0 Å². The van der Waals surface area contributed by atoms with E-state index in [1.54, 1.807) is 18.3 Å². The number of nitrogens with zero attached hydrogens (tertiary/aromatic N) is 3. The molecule has 0 fully saturated rings. The predicted molar refractivity (Wildman–Crippen MR) is 80.5 cm³/mol. The molecular weight excluding hydrogens is 308 g/mol. The Morgan fingerprint density at radius 1 is 1.10 bits per heavy atom. The largest absolute Gasteiger partial charge is 0.261 e. The van der Waals surface area contributed by atoms with Gasteiger partial charge in [-0.15, -0.1) is 0 Å². The fraction of sp³-hybridized carbons (Fsp3) is 0.154. The maximum absolute atomic E-state index is 12.3. The van der Waals surface area contributed by atoms with Crippen molar-refractivity contribution in [2.45, 2.75) is 11.3 Å². The van der Waals surface area contributed by atoms with E-state index in [4.69, 9.17) is 0 Å². The van der Waals surface area contributed by atoms with Crippen molar-refractivity contribution < 1.29 is 8.42 Å². The fourth-order valence-electron chi connectivity index (χ4n) is 1.94. The lowest BCUT2D eigenvalue weighted by Gasteiger charge is -2.06. The minimum atomic E-state index is -3.60. The Kier molecular flexibility index (Phi) is 3.91. The van der Waals surface area contributed by atoms with Gasteiger partial charge in [-0.25, -0.2) is 13.1 Å². The van der Waals surface area contributed by atoms with Crippen LogP contribution in [0.3, 0.4) is 0 Å². The van der Waals surface area contributed by atoms with Crippen molar-refractivity contribution in [1.82, 2.24) is 18.5 Å². The number of nitrogens with one attached hydrogen (secondary N) is 1. The van der Waals surface area contributed by atoms with Gasteiger partial charge in [-0.2, -0.15) is 8.75 Å². The molecule has 6 nitrogen and oxygen atoms in total. The Hall–Kier alpha value is -1.90. The van der Waals surface area contributed by atoms with Crippen LogP contribution in [0.4, 0.5) is 0 Å². The maximum atomic E-state index is 12.3. The van der Waals surface area contributed by atoms with Crippen LogP contribution in [0.5, 0.6) is 0 Å². The highest BCUT2D eigenvalue weighted by Crippen LogP contribution is 2.20. The SMILES string of the molecule is O=S(=O)(NCCc1ccccn1)c1cccc2nsnc12. The summed E-state index contributed by atoms with van der Waals surface area (Å²) >= 11 is 1.00. The first kappa shape index (κ1) is 14.1. The van der Waals surface area contributed by atoms with Crippen LogP contribution >= 0.6 is 11.7 Å². The molecule has 0 unspecified atom stereocenters. The van der Waals surface area contributed by atoms with Crippen molar-refractivity contribution >= 4 is 32.8 Å². The van der Waals surface area contributed by atoms with Gasteiger partial charge >= 0.3 is 0 Å². The molecule has 1 aromatic carbocycles. The van der Waals surface area contributed by atoms with Crippen LogP contribution < -0.4 is 4.72 Å². The number of fused-ring (bicyclic) bond motifs is 1. The van der Waals surface area contributed by atoms with Gasteiger partial charge in [-0.05, 0) is 24.3 Å². The van der Waals surface area contributed by atoms with Gasteiger partial charge in [0.2, 0.25) is 10.0 Å². The zero-order valence-electron chi connectivity index (χ0n) is 10.9. The maximum Gasteiger partial charge on any atom is 0.242 e. The topological polar surface area (TPSA) is 84.8 Å². The molecule has 3 rings (SSSR count). The molecule has 21 heavy (non-hydrogen) atoms. The molecule has 8 heteroatoms. The molecule has 0 aliphatic rings. The number of sulfonamides is 1. The van der Waals surface area contributed by atoms with Crippen molar-refractivity contribution in [1.29, 1.82) is 0 Å². The summed E-state index contributed by atoms with van der Waals surface area (Å²) < 4.78 is 35.4. The van der Waals surface area contributed by atoms with E-state index >= 15 is 0 Å². The van der Waals surface area contributed by atoms with Gasteiger partial charge in [0.05, 0.1) is 11.7 Å². The molecule has 0 atom stereocenters. The Bertz CT molecular complexity index is 847. The van der Waals surface area contributed by atoms with Gasteiger partial charge in [0.25, 0.3) is 0 Å². The molecule has 3 aromatic rings. The summed E-state index contributed by atoms with van der Waals surface area (Å²) in [5.41, 5.74) is 1.84. The van der Waals surface area contributed by atoms with E-state index in [1.165, 1.54) is 6.07 Å². The highest BCUT2D eigenvalue weighted by molar-refractivity contribution is 7.89. The molecule has 1 N–H and O–H groups in total. The lowest BCUT2D eigenvalue weighted by atomic mass is 10.3. The minimum absolute atomic E-state index is 0.162. The fourth-order valence-corrected chi connectivity index (χ4v) is 3.73. The molecule has 2 heterocycles. The minimum Gasteiger partial charge on any atom is -0.261 e. The normalized spacial score (nSPS) is 11.8. The summed E-state index contributed by atoms with van der Waals surface area (Å²) in [5.74, 6) is 0. The quantitative estimate of drug-likeness (QED) is 0.772. The predicted octanol–water partition coefficient (Wildman–Crippen LogP) is 1.61. The lowest BCUT2D eigenvalue weighted by molar-refractivity contribution is 0.582. The van der Waals surface area contributed by atoms with Crippen LogP contribution in [-0.2, 0) is 16.4 Å². The molecule has 0 saturated heterocycles. The molecule has 0 bridgehead atoms. The molecule has 0 saturated carbocycles. The van der Waals surface area contributed by atoms with E-state index in [2.05, 4.69) is 18.5 Å². The molecule has 0 amide bonds. The summed E-state index contributed by atoms with van der Waals surface area (Å²) in [6.07, 6.45) is 2.22. The van der Waals surface area contributed by atoms with E-state index in [1.807, 2.05) is 18.2 Å². The smallest absolute Gasteiger partial charge is 0.242 e. The molecule has 0 radical (unpaired) electrons. The van der Waals surface area contributed by atoms with Gasteiger partial charge < -0.3 is 0 Å². The summed E-state index contributed by atoms with van der Waals surface area (Å²) in [6, 6.07) is 10.5. The highest BCUT2D eigenvalue weighted by atomic mass is 32.2. The molecular formula is C13H12N4O2S2. The van der Waals surface area contributed by atoms with E-state index in [9.17, 15) is 8.42 Å². The van der Waals surface area contributed by atoms with Gasteiger partial charge in [0.15, 0.2) is 0 Å². The van der Waals surface area contributed by atoms with E-state index in [0.717, 1.165) is 17.4 Å². The monoisotopic (exact) mass is 320 g/mol. The third-order valence-corrected chi connectivity index (χ3v) is 4.97. The van der Waals surface area contributed by atoms with E-state index < -0.39 is 10.0 Å². The first-order chi connectivity index (χ1) is 10.2. The number of hydrogen-bond donors (Lipinski definition) is 1. The molecule has 0 aliphatic heterocycles. The van der Waals surface area contributed by atoms with Gasteiger partial charge in [-0.3, -0.25) is 4.98 Å². The number of benzene rings is 1. The van der Waals surface area contributed by atoms with Gasteiger partial charge in [0.1, 0.15) is 15.9 Å². The second kappa shape index (κ2) is 5.84. The number of pyridine rings is 1. The summed E-state index contributed by atoms with van der Waals surface area (Å²) in [6.45, 7) is 0.285. The highest BCUT2D eigenvalue weighted by Gasteiger charge is 2.18. The summed E-state index contributed by atoms with van der Waals surface area (Å²) in [5, 5.41) is 0. The third-order valence-electron chi connectivity index (χ3n) is 2.94. The van der Waals surface area contributed by atoms with Crippen LogP contribution in [0.15, 0.2) is 47.5 Å². The van der Waals surface area contributed by atoms with Crippen molar-refractivity contribution in [3.05, 3.63) is 48.3 Å².